The minimum absolute atomic E-state index is 0.0367. The first-order valence-corrected chi connectivity index (χ1v) is 5.32. The molecule has 0 amide bonds. The number of nitrogens with two attached hydrogens (primary N) is 1. The lowest BCUT2D eigenvalue weighted by Gasteiger charge is -2.19. The molecule has 1 heterocycles. The summed E-state index contributed by atoms with van der Waals surface area (Å²) >= 11 is 5.83. The van der Waals surface area contributed by atoms with Crippen molar-refractivity contribution < 1.29 is 4.39 Å². The molecular weight excluding hydrogens is 215 g/mol. The Morgan fingerprint density at radius 1 is 1.60 bits per heavy atom. The second-order valence-electron chi connectivity index (χ2n) is 4.84. The predicted molar refractivity (Wildman–Crippen MR) is 58.3 cm³/mol. The van der Waals surface area contributed by atoms with Gasteiger partial charge in [0.05, 0.1) is 5.02 Å². The maximum absolute atomic E-state index is 13.6. The van der Waals surface area contributed by atoms with Crippen LogP contribution in [-0.2, 0) is 5.41 Å². The third-order valence-corrected chi connectivity index (χ3v) is 3.79. The van der Waals surface area contributed by atoms with Crippen molar-refractivity contribution in [1.82, 2.24) is 4.98 Å². The van der Waals surface area contributed by atoms with Gasteiger partial charge in [-0.15, -0.1) is 0 Å². The summed E-state index contributed by atoms with van der Waals surface area (Å²) in [6, 6.07) is 1.64. The van der Waals surface area contributed by atoms with Crippen LogP contribution in [0.1, 0.15) is 25.8 Å². The van der Waals surface area contributed by atoms with Crippen LogP contribution in [0.4, 0.5) is 4.39 Å². The standard InChI is InChI=1S/C11H14ClFN2/c1-10(2)5-11(10,6-14)8-3-7(12)4-15-9(8)13/h3-4H,5-6,14H2,1-2H3. The van der Waals surface area contributed by atoms with Crippen LogP contribution in [0.15, 0.2) is 12.3 Å². The average Bonchev–Trinajstić information content (AvgIpc) is 2.74. The molecule has 1 aromatic rings. The van der Waals surface area contributed by atoms with Gasteiger partial charge in [-0.05, 0) is 17.9 Å². The van der Waals surface area contributed by atoms with Gasteiger partial charge in [-0.1, -0.05) is 25.4 Å². The maximum atomic E-state index is 13.6. The van der Waals surface area contributed by atoms with Crippen molar-refractivity contribution >= 4 is 11.6 Å². The number of hydrogen-bond donors (Lipinski definition) is 1. The highest BCUT2D eigenvalue weighted by Crippen LogP contribution is 2.64. The number of hydrogen-bond acceptors (Lipinski definition) is 2. The molecular formula is C11H14ClFN2. The maximum Gasteiger partial charge on any atom is 0.216 e. The lowest BCUT2D eigenvalue weighted by atomic mass is 9.89. The van der Waals surface area contributed by atoms with E-state index in [1.54, 1.807) is 6.07 Å². The summed E-state index contributed by atoms with van der Waals surface area (Å²) in [7, 11) is 0. The Morgan fingerprint density at radius 3 is 2.67 bits per heavy atom. The summed E-state index contributed by atoms with van der Waals surface area (Å²) in [6.07, 6.45) is 2.20. The van der Waals surface area contributed by atoms with Crippen molar-refractivity contribution in [3.8, 4) is 0 Å². The lowest BCUT2D eigenvalue weighted by molar-refractivity contribution is 0.466. The summed E-state index contributed by atoms with van der Waals surface area (Å²) in [5.41, 5.74) is 6.07. The molecule has 15 heavy (non-hydrogen) atoms. The first kappa shape index (κ1) is 10.8. The SMILES string of the molecule is CC1(C)CC1(CN)c1cc(Cl)cnc1F. The largest absolute Gasteiger partial charge is 0.330 e. The van der Waals surface area contributed by atoms with Gasteiger partial charge in [-0.25, -0.2) is 4.98 Å². The Morgan fingerprint density at radius 2 is 2.20 bits per heavy atom. The van der Waals surface area contributed by atoms with Crippen LogP contribution in [0.25, 0.3) is 0 Å². The molecule has 1 unspecified atom stereocenters. The third-order valence-electron chi connectivity index (χ3n) is 3.58. The highest BCUT2D eigenvalue weighted by molar-refractivity contribution is 6.30. The van der Waals surface area contributed by atoms with E-state index in [9.17, 15) is 4.39 Å². The molecule has 0 spiro atoms. The third kappa shape index (κ3) is 1.45. The van der Waals surface area contributed by atoms with E-state index in [-0.39, 0.29) is 10.8 Å². The number of aromatic nitrogens is 1. The summed E-state index contributed by atoms with van der Waals surface area (Å²) in [6.45, 7) is 4.60. The van der Waals surface area contributed by atoms with Crippen molar-refractivity contribution in [1.29, 1.82) is 0 Å². The average molecular weight is 229 g/mol. The molecule has 2 N–H and O–H groups in total. The number of nitrogens with zero attached hydrogens (tertiary/aromatic N) is 1. The van der Waals surface area contributed by atoms with Gasteiger partial charge in [-0.3, -0.25) is 0 Å². The van der Waals surface area contributed by atoms with Crippen LogP contribution < -0.4 is 5.73 Å². The van der Waals surface area contributed by atoms with E-state index in [0.29, 0.717) is 17.1 Å². The van der Waals surface area contributed by atoms with Crippen LogP contribution in [0.3, 0.4) is 0 Å². The highest BCUT2D eigenvalue weighted by Gasteiger charge is 2.62. The second-order valence-corrected chi connectivity index (χ2v) is 5.28. The fourth-order valence-corrected chi connectivity index (χ4v) is 2.54. The van der Waals surface area contributed by atoms with Crippen LogP contribution in [0.2, 0.25) is 5.02 Å². The minimum atomic E-state index is -0.449. The van der Waals surface area contributed by atoms with E-state index in [1.807, 2.05) is 0 Å². The van der Waals surface area contributed by atoms with Gasteiger partial charge in [0.25, 0.3) is 0 Å². The summed E-state index contributed by atoms with van der Waals surface area (Å²) in [4.78, 5) is 3.64. The summed E-state index contributed by atoms with van der Waals surface area (Å²) in [5, 5.41) is 0.460. The quantitative estimate of drug-likeness (QED) is 0.790. The van der Waals surface area contributed by atoms with Crippen LogP contribution in [0, 0.1) is 11.4 Å². The Labute approximate surface area is 93.6 Å². The molecule has 1 aliphatic carbocycles. The molecule has 0 aromatic carbocycles. The zero-order valence-electron chi connectivity index (χ0n) is 8.85. The monoisotopic (exact) mass is 228 g/mol. The van der Waals surface area contributed by atoms with Crippen molar-refractivity contribution in [2.45, 2.75) is 25.7 Å². The molecule has 0 radical (unpaired) electrons. The topological polar surface area (TPSA) is 38.9 Å². The molecule has 1 aliphatic rings. The molecule has 82 valence electrons. The Hall–Kier alpha value is -0.670. The van der Waals surface area contributed by atoms with Crippen LogP contribution >= 0.6 is 11.6 Å². The Kier molecular flexibility index (Phi) is 2.28. The molecule has 1 aromatic heterocycles. The Bertz CT molecular complexity index is 406. The number of rotatable bonds is 2. The molecule has 2 rings (SSSR count). The van der Waals surface area contributed by atoms with Crippen molar-refractivity contribution in [3.05, 3.63) is 28.8 Å². The van der Waals surface area contributed by atoms with E-state index in [4.69, 9.17) is 17.3 Å². The molecule has 0 aliphatic heterocycles. The molecule has 0 bridgehead atoms. The van der Waals surface area contributed by atoms with Crippen molar-refractivity contribution in [3.63, 3.8) is 0 Å². The van der Waals surface area contributed by atoms with Crippen molar-refractivity contribution in [2.24, 2.45) is 11.1 Å². The summed E-state index contributed by atoms with van der Waals surface area (Å²) in [5.74, 6) is -0.449. The lowest BCUT2D eigenvalue weighted by Crippen LogP contribution is -2.26. The smallest absolute Gasteiger partial charge is 0.216 e. The van der Waals surface area contributed by atoms with E-state index in [0.717, 1.165) is 6.42 Å². The fraction of sp³-hybridized carbons (Fsp3) is 0.545. The van der Waals surface area contributed by atoms with Gasteiger partial charge in [0, 0.05) is 23.7 Å². The van der Waals surface area contributed by atoms with Gasteiger partial charge in [0.15, 0.2) is 0 Å². The molecule has 1 fully saturated rings. The van der Waals surface area contributed by atoms with Gasteiger partial charge < -0.3 is 5.73 Å². The summed E-state index contributed by atoms with van der Waals surface area (Å²) < 4.78 is 13.6. The predicted octanol–water partition coefficient (Wildman–Crippen LogP) is 2.50. The fourth-order valence-electron chi connectivity index (χ4n) is 2.39. The zero-order chi connectivity index (χ0) is 11.3. The Balaban J connectivity index is 2.50. The number of pyridine rings is 1. The van der Waals surface area contributed by atoms with Crippen LogP contribution in [0.5, 0.6) is 0 Å². The van der Waals surface area contributed by atoms with Gasteiger partial charge >= 0.3 is 0 Å². The van der Waals surface area contributed by atoms with Crippen LogP contribution in [-0.4, -0.2) is 11.5 Å². The molecule has 1 atom stereocenters. The first-order chi connectivity index (χ1) is 6.93. The molecule has 4 heteroatoms. The van der Waals surface area contributed by atoms with Gasteiger partial charge in [0.1, 0.15) is 0 Å². The second kappa shape index (κ2) is 3.16. The van der Waals surface area contributed by atoms with Crippen molar-refractivity contribution in [2.75, 3.05) is 6.54 Å². The number of halogens is 2. The van der Waals surface area contributed by atoms with E-state index in [1.165, 1.54) is 6.20 Å². The molecule has 2 nitrogen and oxygen atoms in total. The highest BCUT2D eigenvalue weighted by atomic mass is 35.5. The van der Waals surface area contributed by atoms with Gasteiger partial charge in [-0.2, -0.15) is 4.39 Å². The van der Waals surface area contributed by atoms with E-state index < -0.39 is 5.95 Å². The van der Waals surface area contributed by atoms with E-state index >= 15 is 0 Å². The molecule has 1 saturated carbocycles. The van der Waals surface area contributed by atoms with Gasteiger partial charge in [0.2, 0.25) is 5.95 Å². The first-order valence-electron chi connectivity index (χ1n) is 4.94. The zero-order valence-corrected chi connectivity index (χ0v) is 9.61. The normalized spacial score (nSPS) is 27.8. The molecule has 0 saturated heterocycles. The van der Waals surface area contributed by atoms with E-state index in [2.05, 4.69) is 18.8 Å². The minimum Gasteiger partial charge on any atom is -0.330 e.